The van der Waals surface area contributed by atoms with Gasteiger partial charge in [0, 0.05) is 30.3 Å². The van der Waals surface area contributed by atoms with Crippen LogP contribution in [0.1, 0.15) is 12.7 Å². The van der Waals surface area contributed by atoms with Crippen LogP contribution in [-0.2, 0) is 11.3 Å². The Morgan fingerprint density at radius 1 is 1.26 bits per heavy atom. The molecule has 0 fully saturated rings. The Bertz CT molecular complexity index is 713. The second-order valence-corrected chi connectivity index (χ2v) is 5.82. The lowest BCUT2D eigenvalue weighted by atomic mass is 10.2. The Labute approximate surface area is 138 Å². The maximum absolute atomic E-state index is 5.47. The van der Waals surface area contributed by atoms with E-state index in [1.165, 1.54) is 0 Å². The molecule has 6 nitrogen and oxygen atoms in total. The van der Waals surface area contributed by atoms with E-state index in [9.17, 15) is 0 Å². The van der Waals surface area contributed by atoms with Gasteiger partial charge in [-0.2, -0.15) is 0 Å². The van der Waals surface area contributed by atoms with Crippen LogP contribution in [0, 0.1) is 0 Å². The lowest BCUT2D eigenvalue weighted by molar-refractivity contribution is 0.164. The average Bonchev–Trinajstić information content (AvgIpc) is 3.23. The molecule has 3 aromatic rings. The van der Waals surface area contributed by atoms with Gasteiger partial charge in [-0.15, -0.1) is 10.2 Å². The molecule has 3 rings (SSSR count). The van der Waals surface area contributed by atoms with Crippen molar-refractivity contribution in [3.63, 3.8) is 0 Å². The van der Waals surface area contributed by atoms with Crippen LogP contribution in [0.5, 0.6) is 0 Å². The van der Waals surface area contributed by atoms with Crippen LogP contribution in [0.15, 0.2) is 52.5 Å². The van der Waals surface area contributed by atoms with E-state index in [2.05, 4.69) is 15.2 Å². The van der Waals surface area contributed by atoms with E-state index >= 15 is 0 Å². The molecule has 0 bridgehead atoms. The van der Waals surface area contributed by atoms with Crippen LogP contribution in [0.25, 0.3) is 11.4 Å². The molecule has 3 heterocycles. The number of rotatable bonds is 8. The SMILES string of the molecule is CCOCCSc1nnc(-c2cccnc2)n1Cc1ccco1. The number of hydrogen-bond donors (Lipinski definition) is 0. The monoisotopic (exact) mass is 330 g/mol. The molecule has 23 heavy (non-hydrogen) atoms. The molecule has 0 radical (unpaired) electrons. The van der Waals surface area contributed by atoms with Crippen molar-refractivity contribution < 1.29 is 9.15 Å². The Hall–Kier alpha value is -2.12. The minimum Gasteiger partial charge on any atom is -0.467 e. The smallest absolute Gasteiger partial charge is 0.192 e. The van der Waals surface area contributed by atoms with Gasteiger partial charge in [0.15, 0.2) is 11.0 Å². The first-order valence-corrected chi connectivity index (χ1v) is 8.43. The summed E-state index contributed by atoms with van der Waals surface area (Å²) in [7, 11) is 0. The number of pyridine rings is 1. The second-order valence-electron chi connectivity index (χ2n) is 4.76. The van der Waals surface area contributed by atoms with Crippen LogP contribution in [-0.4, -0.2) is 38.7 Å². The van der Waals surface area contributed by atoms with Crippen molar-refractivity contribution in [3.8, 4) is 11.4 Å². The highest BCUT2D eigenvalue weighted by molar-refractivity contribution is 7.99. The van der Waals surface area contributed by atoms with Gasteiger partial charge in [0.2, 0.25) is 0 Å². The Balaban J connectivity index is 1.85. The van der Waals surface area contributed by atoms with Crippen molar-refractivity contribution in [1.29, 1.82) is 0 Å². The molecule has 3 aromatic heterocycles. The Morgan fingerprint density at radius 3 is 2.96 bits per heavy atom. The zero-order valence-corrected chi connectivity index (χ0v) is 13.7. The third kappa shape index (κ3) is 4.00. The van der Waals surface area contributed by atoms with Crippen molar-refractivity contribution in [3.05, 3.63) is 48.7 Å². The zero-order chi connectivity index (χ0) is 15.9. The predicted octanol–water partition coefficient (Wildman–Crippen LogP) is 3.11. The highest BCUT2D eigenvalue weighted by Crippen LogP contribution is 2.24. The standard InChI is InChI=1S/C16H18N4O2S/c1-2-21-9-10-23-16-19-18-15(13-5-3-7-17-11-13)20(16)12-14-6-4-8-22-14/h3-8,11H,2,9-10,12H2,1H3. The van der Waals surface area contributed by atoms with E-state index in [1.54, 1.807) is 30.4 Å². The predicted molar refractivity (Wildman–Crippen MR) is 88.3 cm³/mol. The maximum Gasteiger partial charge on any atom is 0.192 e. The van der Waals surface area contributed by atoms with E-state index in [4.69, 9.17) is 9.15 Å². The molecular weight excluding hydrogens is 312 g/mol. The van der Waals surface area contributed by atoms with Gasteiger partial charge in [0.25, 0.3) is 0 Å². The lowest BCUT2D eigenvalue weighted by Crippen LogP contribution is -2.05. The third-order valence-electron chi connectivity index (χ3n) is 3.19. The molecule has 0 unspecified atom stereocenters. The Morgan fingerprint density at radius 2 is 2.22 bits per heavy atom. The summed E-state index contributed by atoms with van der Waals surface area (Å²) < 4.78 is 12.9. The van der Waals surface area contributed by atoms with Gasteiger partial charge in [-0.25, -0.2) is 0 Å². The molecule has 0 saturated carbocycles. The summed E-state index contributed by atoms with van der Waals surface area (Å²) in [5.41, 5.74) is 0.934. The first-order chi connectivity index (χ1) is 11.4. The summed E-state index contributed by atoms with van der Waals surface area (Å²) in [4.78, 5) is 4.16. The fourth-order valence-electron chi connectivity index (χ4n) is 2.14. The highest BCUT2D eigenvalue weighted by Gasteiger charge is 2.15. The van der Waals surface area contributed by atoms with Gasteiger partial charge in [-0.05, 0) is 31.2 Å². The van der Waals surface area contributed by atoms with Gasteiger partial charge in [0.1, 0.15) is 5.76 Å². The zero-order valence-electron chi connectivity index (χ0n) is 12.9. The van der Waals surface area contributed by atoms with Crippen LogP contribution in [0.4, 0.5) is 0 Å². The van der Waals surface area contributed by atoms with Crippen molar-refractivity contribution in [1.82, 2.24) is 19.7 Å². The molecule has 0 saturated heterocycles. The fraction of sp³-hybridized carbons (Fsp3) is 0.312. The van der Waals surface area contributed by atoms with Gasteiger partial charge in [0.05, 0.1) is 19.4 Å². The maximum atomic E-state index is 5.47. The normalized spacial score (nSPS) is 11.0. The van der Waals surface area contributed by atoms with E-state index < -0.39 is 0 Å². The lowest BCUT2D eigenvalue weighted by Gasteiger charge is -2.08. The summed E-state index contributed by atoms with van der Waals surface area (Å²) in [5, 5.41) is 9.50. The summed E-state index contributed by atoms with van der Waals surface area (Å²) in [6, 6.07) is 7.69. The number of hydrogen-bond acceptors (Lipinski definition) is 6. The third-order valence-corrected chi connectivity index (χ3v) is 4.12. The van der Waals surface area contributed by atoms with Gasteiger partial charge < -0.3 is 9.15 Å². The van der Waals surface area contributed by atoms with Crippen molar-refractivity contribution in [2.75, 3.05) is 19.0 Å². The van der Waals surface area contributed by atoms with Crippen LogP contribution >= 0.6 is 11.8 Å². The van der Waals surface area contributed by atoms with E-state index in [-0.39, 0.29) is 0 Å². The molecule has 0 aliphatic carbocycles. The molecule has 0 spiro atoms. The molecule has 0 aromatic carbocycles. The minimum atomic E-state index is 0.585. The Kier molecular flexibility index (Phi) is 5.44. The molecule has 0 amide bonds. The quantitative estimate of drug-likeness (QED) is 0.467. The summed E-state index contributed by atoms with van der Waals surface area (Å²) >= 11 is 1.63. The van der Waals surface area contributed by atoms with Crippen LogP contribution in [0.3, 0.4) is 0 Å². The van der Waals surface area contributed by atoms with Gasteiger partial charge in [-0.1, -0.05) is 11.8 Å². The van der Waals surface area contributed by atoms with Crippen molar-refractivity contribution in [2.45, 2.75) is 18.6 Å². The topological polar surface area (TPSA) is 66.0 Å². The fourth-order valence-corrected chi connectivity index (χ4v) is 2.93. The van der Waals surface area contributed by atoms with Crippen molar-refractivity contribution >= 4 is 11.8 Å². The van der Waals surface area contributed by atoms with Crippen molar-refractivity contribution in [2.24, 2.45) is 0 Å². The summed E-state index contributed by atoms with van der Waals surface area (Å²) in [6.07, 6.45) is 5.21. The number of thioether (sulfide) groups is 1. The summed E-state index contributed by atoms with van der Waals surface area (Å²) in [6.45, 7) is 3.99. The molecule has 0 aliphatic heterocycles. The second kappa shape index (κ2) is 7.94. The number of ether oxygens (including phenoxy) is 1. The van der Waals surface area contributed by atoms with Crippen LogP contribution < -0.4 is 0 Å². The number of nitrogens with zero attached hydrogens (tertiary/aromatic N) is 4. The average molecular weight is 330 g/mol. The van der Waals surface area contributed by atoms with Gasteiger partial charge in [-0.3, -0.25) is 9.55 Å². The summed E-state index contributed by atoms with van der Waals surface area (Å²) in [5.74, 6) is 2.48. The first-order valence-electron chi connectivity index (χ1n) is 7.45. The van der Waals surface area contributed by atoms with E-state index in [1.807, 2.05) is 35.8 Å². The highest BCUT2D eigenvalue weighted by atomic mass is 32.2. The van der Waals surface area contributed by atoms with E-state index in [0.29, 0.717) is 13.2 Å². The molecule has 0 atom stereocenters. The number of aromatic nitrogens is 4. The van der Waals surface area contributed by atoms with Gasteiger partial charge >= 0.3 is 0 Å². The molecular formula is C16H18N4O2S. The molecule has 0 N–H and O–H groups in total. The van der Waals surface area contributed by atoms with E-state index in [0.717, 1.165) is 34.7 Å². The van der Waals surface area contributed by atoms with Crippen LogP contribution in [0.2, 0.25) is 0 Å². The largest absolute Gasteiger partial charge is 0.467 e. The molecule has 7 heteroatoms. The number of furan rings is 1. The minimum absolute atomic E-state index is 0.585. The molecule has 0 aliphatic rings. The first kappa shape index (κ1) is 15.8. The molecule has 120 valence electrons.